The molecule has 1 saturated heterocycles. The molecular weight excluding hydrogens is 202 g/mol. The maximum atomic E-state index is 10.7. The zero-order chi connectivity index (χ0) is 11.4. The zero-order valence-electron chi connectivity index (χ0n) is 9.30. The quantitative estimate of drug-likeness (QED) is 0.839. The largest absolute Gasteiger partial charge is 0.480 e. The lowest BCUT2D eigenvalue weighted by atomic mass is 10.0. The molecule has 1 unspecified atom stereocenters. The van der Waals surface area contributed by atoms with E-state index < -0.39 is 5.97 Å². The molecular formula is C13H17NO2. The number of rotatable bonds is 4. The van der Waals surface area contributed by atoms with E-state index >= 15 is 0 Å². The van der Waals surface area contributed by atoms with Gasteiger partial charge in [-0.2, -0.15) is 0 Å². The molecule has 3 heteroatoms. The first-order valence-corrected chi connectivity index (χ1v) is 5.75. The number of hydrogen-bond donors (Lipinski definition) is 1. The predicted molar refractivity (Wildman–Crippen MR) is 62.4 cm³/mol. The van der Waals surface area contributed by atoms with Gasteiger partial charge in [-0.15, -0.1) is 0 Å². The van der Waals surface area contributed by atoms with Gasteiger partial charge in [-0.25, -0.2) is 0 Å². The molecule has 0 saturated carbocycles. The number of nitrogens with zero attached hydrogens (tertiary/aromatic N) is 1. The second kappa shape index (κ2) is 5.12. The molecule has 3 nitrogen and oxygen atoms in total. The molecule has 1 aliphatic rings. The van der Waals surface area contributed by atoms with Crippen LogP contribution in [-0.2, 0) is 11.2 Å². The Hall–Kier alpha value is -1.35. The molecule has 0 radical (unpaired) electrons. The maximum absolute atomic E-state index is 10.7. The van der Waals surface area contributed by atoms with Crippen molar-refractivity contribution < 1.29 is 9.90 Å². The molecule has 1 aromatic carbocycles. The Morgan fingerprint density at radius 2 is 2.12 bits per heavy atom. The summed E-state index contributed by atoms with van der Waals surface area (Å²) in [5.74, 6) is -0.722. The van der Waals surface area contributed by atoms with Gasteiger partial charge in [0.1, 0.15) is 0 Å². The maximum Gasteiger partial charge on any atom is 0.317 e. The van der Waals surface area contributed by atoms with Crippen molar-refractivity contribution in [2.24, 2.45) is 0 Å². The van der Waals surface area contributed by atoms with E-state index in [-0.39, 0.29) is 6.54 Å². The number of carboxylic acids is 1. The van der Waals surface area contributed by atoms with Crippen LogP contribution in [0.15, 0.2) is 30.3 Å². The highest BCUT2D eigenvalue weighted by molar-refractivity contribution is 5.69. The Labute approximate surface area is 95.7 Å². The summed E-state index contributed by atoms with van der Waals surface area (Å²) in [6.45, 7) is 1.10. The predicted octanol–water partition coefficient (Wildman–Crippen LogP) is 1.78. The fourth-order valence-electron chi connectivity index (χ4n) is 2.39. The van der Waals surface area contributed by atoms with E-state index in [4.69, 9.17) is 5.11 Å². The number of benzene rings is 1. The van der Waals surface area contributed by atoms with Crippen molar-refractivity contribution in [2.45, 2.75) is 25.3 Å². The van der Waals surface area contributed by atoms with Crippen molar-refractivity contribution in [1.82, 2.24) is 4.90 Å². The molecule has 0 amide bonds. The van der Waals surface area contributed by atoms with Crippen LogP contribution in [0.5, 0.6) is 0 Å². The minimum atomic E-state index is -0.722. The van der Waals surface area contributed by atoms with Crippen molar-refractivity contribution in [3.63, 3.8) is 0 Å². The fourth-order valence-corrected chi connectivity index (χ4v) is 2.39. The normalized spacial score (nSPS) is 21.1. The Bertz CT molecular complexity index is 350. The van der Waals surface area contributed by atoms with Crippen molar-refractivity contribution in [1.29, 1.82) is 0 Å². The lowest BCUT2D eigenvalue weighted by Gasteiger charge is -2.22. The number of likely N-dealkylation sites (tertiary alicyclic amines) is 1. The van der Waals surface area contributed by atoms with Gasteiger partial charge in [-0.05, 0) is 31.4 Å². The number of aliphatic carboxylic acids is 1. The number of carbonyl (C=O) groups is 1. The number of carboxylic acid groups (broad SMARTS) is 1. The number of hydrogen-bond acceptors (Lipinski definition) is 2. The first-order chi connectivity index (χ1) is 7.75. The summed E-state index contributed by atoms with van der Waals surface area (Å²) in [5.41, 5.74) is 1.30. The molecule has 1 heterocycles. The van der Waals surface area contributed by atoms with Gasteiger partial charge in [0.05, 0.1) is 6.54 Å². The van der Waals surface area contributed by atoms with Gasteiger partial charge >= 0.3 is 5.97 Å². The summed E-state index contributed by atoms with van der Waals surface area (Å²) in [6.07, 6.45) is 3.20. The third-order valence-electron chi connectivity index (χ3n) is 3.15. The van der Waals surface area contributed by atoms with Crippen molar-refractivity contribution in [3.05, 3.63) is 35.9 Å². The van der Waals surface area contributed by atoms with Crippen LogP contribution >= 0.6 is 0 Å². The topological polar surface area (TPSA) is 40.5 Å². The van der Waals surface area contributed by atoms with Crippen LogP contribution in [0.3, 0.4) is 0 Å². The van der Waals surface area contributed by atoms with Crippen molar-refractivity contribution in [2.75, 3.05) is 13.1 Å². The van der Waals surface area contributed by atoms with Gasteiger partial charge in [0.15, 0.2) is 0 Å². The molecule has 0 bridgehead atoms. The van der Waals surface area contributed by atoms with E-state index in [1.165, 1.54) is 5.56 Å². The van der Waals surface area contributed by atoms with Crippen LogP contribution < -0.4 is 0 Å². The second-order valence-electron chi connectivity index (χ2n) is 4.35. The Balaban J connectivity index is 1.96. The average molecular weight is 219 g/mol. The summed E-state index contributed by atoms with van der Waals surface area (Å²) < 4.78 is 0. The monoisotopic (exact) mass is 219 g/mol. The highest BCUT2D eigenvalue weighted by atomic mass is 16.4. The van der Waals surface area contributed by atoms with E-state index in [9.17, 15) is 4.79 Å². The molecule has 86 valence electrons. The molecule has 16 heavy (non-hydrogen) atoms. The van der Waals surface area contributed by atoms with Crippen molar-refractivity contribution >= 4 is 5.97 Å². The van der Waals surface area contributed by atoms with Crippen LogP contribution in [-0.4, -0.2) is 35.1 Å². The van der Waals surface area contributed by atoms with Crippen LogP contribution in [0.25, 0.3) is 0 Å². The minimum Gasteiger partial charge on any atom is -0.480 e. The van der Waals surface area contributed by atoms with Gasteiger partial charge < -0.3 is 5.11 Å². The Kier molecular flexibility index (Phi) is 3.57. The van der Waals surface area contributed by atoms with E-state index in [1.807, 2.05) is 18.2 Å². The third kappa shape index (κ3) is 2.83. The van der Waals surface area contributed by atoms with Crippen LogP contribution in [0.2, 0.25) is 0 Å². The van der Waals surface area contributed by atoms with Gasteiger partial charge in [-0.3, -0.25) is 9.69 Å². The SMILES string of the molecule is O=C(O)CN1CCCC1Cc1ccccc1. The summed E-state index contributed by atoms with van der Waals surface area (Å²) in [5, 5.41) is 8.82. The van der Waals surface area contributed by atoms with Gasteiger partial charge in [-0.1, -0.05) is 30.3 Å². The Morgan fingerprint density at radius 3 is 2.81 bits per heavy atom. The van der Waals surface area contributed by atoms with Crippen LogP contribution in [0, 0.1) is 0 Å². The molecule has 1 aromatic rings. The molecule has 1 N–H and O–H groups in total. The van der Waals surface area contributed by atoms with E-state index in [2.05, 4.69) is 17.0 Å². The summed E-state index contributed by atoms with van der Waals surface area (Å²) in [4.78, 5) is 12.8. The lowest BCUT2D eigenvalue weighted by molar-refractivity contribution is -0.138. The van der Waals surface area contributed by atoms with Gasteiger partial charge in [0, 0.05) is 6.04 Å². The lowest BCUT2D eigenvalue weighted by Crippen LogP contribution is -2.35. The van der Waals surface area contributed by atoms with Gasteiger partial charge in [0.25, 0.3) is 0 Å². The summed E-state index contributed by atoms with van der Waals surface area (Å²) >= 11 is 0. The first-order valence-electron chi connectivity index (χ1n) is 5.75. The first kappa shape index (κ1) is 11.1. The van der Waals surface area contributed by atoms with E-state index in [0.717, 1.165) is 25.8 Å². The Morgan fingerprint density at radius 1 is 1.38 bits per heavy atom. The standard InChI is InChI=1S/C13H17NO2/c15-13(16)10-14-8-4-7-12(14)9-11-5-2-1-3-6-11/h1-3,5-6,12H,4,7-10H2,(H,15,16). The minimum absolute atomic E-state index is 0.178. The van der Waals surface area contributed by atoms with E-state index in [0.29, 0.717) is 6.04 Å². The average Bonchev–Trinajstić information content (AvgIpc) is 2.66. The molecule has 0 aliphatic carbocycles. The smallest absolute Gasteiger partial charge is 0.317 e. The molecule has 2 rings (SSSR count). The van der Waals surface area contributed by atoms with E-state index in [1.54, 1.807) is 0 Å². The molecule has 1 aliphatic heterocycles. The molecule has 0 spiro atoms. The van der Waals surface area contributed by atoms with Crippen molar-refractivity contribution in [3.8, 4) is 0 Å². The highest BCUT2D eigenvalue weighted by Gasteiger charge is 2.25. The molecule has 1 fully saturated rings. The third-order valence-corrected chi connectivity index (χ3v) is 3.15. The fraction of sp³-hybridized carbons (Fsp3) is 0.462. The molecule has 0 aromatic heterocycles. The van der Waals surface area contributed by atoms with Crippen LogP contribution in [0.4, 0.5) is 0 Å². The van der Waals surface area contributed by atoms with Gasteiger partial charge in [0.2, 0.25) is 0 Å². The highest BCUT2D eigenvalue weighted by Crippen LogP contribution is 2.20. The summed E-state index contributed by atoms with van der Waals surface area (Å²) in [7, 11) is 0. The molecule has 1 atom stereocenters. The zero-order valence-corrected chi connectivity index (χ0v) is 9.30. The summed E-state index contributed by atoms with van der Waals surface area (Å²) in [6, 6.07) is 10.7. The second-order valence-corrected chi connectivity index (χ2v) is 4.35. The van der Waals surface area contributed by atoms with Crippen LogP contribution in [0.1, 0.15) is 18.4 Å².